The van der Waals surface area contributed by atoms with Gasteiger partial charge in [0, 0.05) is 19.2 Å². The topological polar surface area (TPSA) is 38.1 Å². The van der Waals surface area contributed by atoms with Gasteiger partial charge in [-0.3, -0.25) is 0 Å². The van der Waals surface area contributed by atoms with Crippen molar-refractivity contribution in [3.8, 4) is 0 Å². The summed E-state index contributed by atoms with van der Waals surface area (Å²) < 4.78 is 2.06. The molecule has 1 aromatic heterocycles. The molecule has 0 saturated heterocycles. The lowest BCUT2D eigenvalue weighted by Crippen LogP contribution is -1.98. The minimum atomic E-state index is 0.0417. The first-order valence-electron chi connectivity index (χ1n) is 3.97. The fraction of sp³-hybridized carbons (Fsp3) is 0.625. The quantitative estimate of drug-likeness (QED) is 0.704. The molecule has 0 fully saturated rings. The average Bonchev–Trinajstić information content (AvgIpc) is 2.46. The molecule has 11 heavy (non-hydrogen) atoms. The Bertz CT molecular complexity index is 208. The first kappa shape index (κ1) is 8.27. The van der Waals surface area contributed by atoms with Crippen LogP contribution < -0.4 is 0 Å². The van der Waals surface area contributed by atoms with Crippen LogP contribution in [0.25, 0.3) is 0 Å². The number of imidazole rings is 1. The molecule has 3 heteroatoms. The minimum absolute atomic E-state index is 0.0417. The normalized spacial score (nSPS) is 10.5. The van der Waals surface area contributed by atoms with Crippen LogP contribution in [-0.4, -0.2) is 14.7 Å². The molecule has 1 aromatic rings. The van der Waals surface area contributed by atoms with Gasteiger partial charge in [0.2, 0.25) is 0 Å². The van der Waals surface area contributed by atoms with E-state index in [-0.39, 0.29) is 6.61 Å². The van der Waals surface area contributed by atoms with Crippen molar-refractivity contribution in [2.75, 3.05) is 0 Å². The summed E-state index contributed by atoms with van der Waals surface area (Å²) in [6.45, 7) is 5.10. The summed E-state index contributed by atoms with van der Waals surface area (Å²) in [5, 5.41) is 8.79. The first-order chi connectivity index (χ1) is 5.31. The van der Waals surface area contributed by atoms with Crippen molar-refractivity contribution in [1.82, 2.24) is 9.55 Å². The third kappa shape index (κ3) is 1.60. The molecule has 0 radical (unpaired) electrons. The van der Waals surface area contributed by atoms with Crippen LogP contribution in [0.15, 0.2) is 6.20 Å². The summed E-state index contributed by atoms with van der Waals surface area (Å²) in [6.07, 6.45) is 2.83. The highest BCUT2D eigenvalue weighted by Crippen LogP contribution is 2.03. The Kier molecular flexibility index (Phi) is 2.65. The molecular weight excluding hydrogens is 140 g/mol. The van der Waals surface area contributed by atoms with Crippen LogP contribution in [0.4, 0.5) is 0 Å². The average molecular weight is 154 g/mol. The van der Waals surface area contributed by atoms with E-state index in [9.17, 15) is 0 Å². The Hall–Kier alpha value is -0.830. The molecule has 0 aliphatic heterocycles. The van der Waals surface area contributed by atoms with Gasteiger partial charge in [0.15, 0.2) is 0 Å². The van der Waals surface area contributed by atoms with Crippen molar-refractivity contribution in [2.45, 2.75) is 33.4 Å². The van der Waals surface area contributed by atoms with Gasteiger partial charge in [0.05, 0.1) is 12.3 Å². The van der Waals surface area contributed by atoms with E-state index >= 15 is 0 Å². The number of aromatic nitrogens is 2. The maximum absolute atomic E-state index is 8.79. The van der Waals surface area contributed by atoms with Gasteiger partial charge in [-0.05, 0) is 6.92 Å². The Morgan fingerprint density at radius 3 is 2.64 bits per heavy atom. The Labute approximate surface area is 66.7 Å². The Balaban J connectivity index is 2.92. The molecule has 1 rings (SSSR count). The third-order valence-corrected chi connectivity index (χ3v) is 1.73. The van der Waals surface area contributed by atoms with Crippen LogP contribution in [-0.2, 0) is 19.6 Å². The number of rotatable bonds is 3. The Morgan fingerprint density at radius 1 is 1.55 bits per heavy atom. The number of aliphatic hydroxyl groups excluding tert-OH is 1. The second-order valence-corrected chi connectivity index (χ2v) is 2.45. The fourth-order valence-electron chi connectivity index (χ4n) is 1.15. The molecular formula is C8H14N2O. The van der Waals surface area contributed by atoms with Crippen LogP contribution in [0.3, 0.4) is 0 Å². The molecule has 62 valence electrons. The van der Waals surface area contributed by atoms with Crippen LogP contribution in [0.5, 0.6) is 0 Å². The number of aryl methyl sites for hydroxylation is 2. The fourth-order valence-corrected chi connectivity index (χ4v) is 1.15. The van der Waals surface area contributed by atoms with Crippen molar-refractivity contribution in [1.29, 1.82) is 0 Å². The molecule has 0 atom stereocenters. The van der Waals surface area contributed by atoms with Crippen LogP contribution in [0.2, 0.25) is 0 Å². The predicted octanol–water partition coefficient (Wildman–Crippen LogP) is 0.958. The van der Waals surface area contributed by atoms with Crippen molar-refractivity contribution in [2.24, 2.45) is 0 Å². The van der Waals surface area contributed by atoms with Gasteiger partial charge in [-0.15, -0.1) is 0 Å². The van der Waals surface area contributed by atoms with E-state index in [0.29, 0.717) is 0 Å². The molecule has 0 aliphatic rings. The summed E-state index contributed by atoms with van der Waals surface area (Å²) in [7, 11) is 0. The lowest BCUT2D eigenvalue weighted by atomic mass is 10.4. The number of nitrogens with zero attached hydrogens (tertiary/aromatic N) is 2. The maximum atomic E-state index is 8.79. The van der Waals surface area contributed by atoms with Crippen molar-refractivity contribution < 1.29 is 5.11 Å². The molecule has 1 N–H and O–H groups in total. The first-order valence-corrected chi connectivity index (χ1v) is 3.97. The largest absolute Gasteiger partial charge is 0.390 e. The lowest BCUT2D eigenvalue weighted by molar-refractivity contribution is 0.277. The van der Waals surface area contributed by atoms with Gasteiger partial charge in [0.1, 0.15) is 5.82 Å². The predicted molar refractivity (Wildman–Crippen MR) is 43.2 cm³/mol. The maximum Gasteiger partial charge on any atom is 0.108 e. The monoisotopic (exact) mass is 154 g/mol. The highest BCUT2D eigenvalue weighted by atomic mass is 16.3. The number of hydrogen-bond acceptors (Lipinski definition) is 2. The standard InChI is InChI=1S/C8H14N2O/c1-3-8-9-7(6-11)5-10(8)4-2/h5,11H,3-4,6H2,1-2H3. The van der Waals surface area contributed by atoms with Gasteiger partial charge < -0.3 is 9.67 Å². The summed E-state index contributed by atoms with van der Waals surface area (Å²) in [6, 6.07) is 0. The smallest absolute Gasteiger partial charge is 0.108 e. The van der Waals surface area contributed by atoms with E-state index in [1.165, 1.54) is 0 Å². The zero-order chi connectivity index (χ0) is 8.27. The zero-order valence-electron chi connectivity index (χ0n) is 7.04. The molecule has 1 heterocycles. The summed E-state index contributed by atoms with van der Waals surface area (Å²) in [4.78, 5) is 4.23. The van der Waals surface area contributed by atoms with E-state index in [4.69, 9.17) is 5.11 Å². The van der Waals surface area contributed by atoms with E-state index in [2.05, 4.69) is 23.4 Å². The molecule has 0 saturated carbocycles. The zero-order valence-corrected chi connectivity index (χ0v) is 7.04. The van der Waals surface area contributed by atoms with Gasteiger partial charge in [-0.1, -0.05) is 6.92 Å². The number of hydrogen-bond donors (Lipinski definition) is 1. The van der Waals surface area contributed by atoms with E-state index < -0.39 is 0 Å². The SMILES string of the molecule is CCc1nc(CO)cn1CC. The molecule has 3 nitrogen and oxygen atoms in total. The Morgan fingerprint density at radius 2 is 2.27 bits per heavy atom. The van der Waals surface area contributed by atoms with Gasteiger partial charge >= 0.3 is 0 Å². The second-order valence-electron chi connectivity index (χ2n) is 2.45. The summed E-state index contributed by atoms with van der Waals surface area (Å²) in [5.74, 6) is 1.05. The molecule has 0 bridgehead atoms. The van der Waals surface area contributed by atoms with E-state index in [0.717, 1.165) is 24.5 Å². The van der Waals surface area contributed by atoms with Crippen LogP contribution >= 0.6 is 0 Å². The number of aliphatic hydroxyl groups is 1. The van der Waals surface area contributed by atoms with E-state index in [1.54, 1.807) is 0 Å². The molecule has 0 amide bonds. The summed E-state index contributed by atoms with van der Waals surface area (Å²) in [5.41, 5.74) is 0.767. The molecule has 0 unspecified atom stereocenters. The third-order valence-electron chi connectivity index (χ3n) is 1.73. The molecule has 0 aromatic carbocycles. The minimum Gasteiger partial charge on any atom is -0.390 e. The summed E-state index contributed by atoms with van der Waals surface area (Å²) >= 11 is 0. The van der Waals surface area contributed by atoms with Gasteiger partial charge in [-0.25, -0.2) is 4.98 Å². The van der Waals surface area contributed by atoms with Gasteiger partial charge in [-0.2, -0.15) is 0 Å². The van der Waals surface area contributed by atoms with Crippen molar-refractivity contribution in [3.63, 3.8) is 0 Å². The van der Waals surface area contributed by atoms with Crippen molar-refractivity contribution in [3.05, 3.63) is 17.7 Å². The highest BCUT2D eigenvalue weighted by molar-refractivity contribution is 5.02. The van der Waals surface area contributed by atoms with E-state index in [1.807, 2.05) is 6.20 Å². The van der Waals surface area contributed by atoms with Crippen LogP contribution in [0, 0.1) is 0 Å². The lowest BCUT2D eigenvalue weighted by Gasteiger charge is -1.98. The molecule has 0 spiro atoms. The van der Waals surface area contributed by atoms with Crippen molar-refractivity contribution >= 4 is 0 Å². The second kappa shape index (κ2) is 3.53. The van der Waals surface area contributed by atoms with Gasteiger partial charge in [0.25, 0.3) is 0 Å². The molecule has 0 aliphatic carbocycles. The highest BCUT2D eigenvalue weighted by Gasteiger charge is 2.02. The van der Waals surface area contributed by atoms with Crippen LogP contribution in [0.1, 0.15) is 25.4 Å².